The number of hydrogen-bond donors (Lipinski definition) is 1. The Hall–Kier alpha value is -0.890. The monoisotopic (exact) mass is 540 g/mol. The maximum atomic E-state index is 12.0. The fourth-order valence-corrected chi connectivity index (χ4v) is 2.96. The minimum atomic E-state index is -0.119. The highest BCUT2D eigenvalue weighted by Crippen LogP contribution is 2.14. The fraction of sp³-hybridized carbons (Fsp3) is 0.962. The molecule has 0 saturated heterocycles. The fourth-order valence-electron chi connectivity index (χ4n) is 2.96. The van der Waals surface area contributed by atoms with Crippen molar-refractivity contribution in [2.75, 3.05) is 119 Å². The number of rotatable bonds is 31. The average molecular weight is 541 g/mol. The average Bonchev–Trinajstić information content (AvgIpc) is 2.91. The van der Waals surface area contributed by atoms with Gasteiger partial charge < -0.3 is 47.7 Å². The summed E-state index contributed by atoms with van der Waals surface area (Å²) in [4.78, 5) is 12.0. The first-order valence-electron chi connectivity index (χ1n) is 13.7. The van der Waals surface area contributed by atoms with Gasteiger partial charge in [-0.05, 0) is 12.8 Å². The van der Waals surface area contributed by atoms with E-state index in [9.17, 15) is 4.79 Å². The summed E-state index contributed by atoms with van der Waals surface area (Å²) in [7, 11) is 0. The zero-order chi connectivity index (χ0) is 27.1. The number of ether oxygens (including phenoxy) is 9. The molecule has 1 atom stereocenters. The molecule has 0 fully saturated rings. The summed E-state index contributed by atoms with van der Waals surface area (Å²) in [6.45, 7) is 12.0. The van der Waals surface area contributed by atoms with Crippen LogP contribution in [0, 0.1) is 5.92 Å². The topological polar surface area (TPSA) is 120 Å². The molecule has 0 radical (unpaired) electrons. The normalized spacial score (nSPS) is 12.2. The van der Waals surface area contributed by atoms with Crippen molar-refractivity contribution in [3.63, 3.8) is 0 Å². The molecule has 1 N–H and O–H groups in total. The molecular weight excluding hydrogens is 488 g/mol. The van der Waals surface area contributed by atoms with Gasteiger partial charge in [0, 0.05) is 0 Å². The van der Waals surface area contributed by atoms with E-state index in [-0.39, 0.29) is 25.1 Å². The van der Waals surface area contributed by atoms with Crippen molar-refractivity contribution in [2.45, 2.75) is 39.5 Å². The maximum absolute atomic E-state index is 12.0. The van der Waals surface area contributed by atoms with Gasteiger partial charge in [0.15, 0.2) is 0 Å². The molecule has 0 aromatic carbocycles. The molecule has 11 heteroatoms. The van der Waals surface area contributed by atoms with E-state index in [1.54, 1.807) is 0 Å². The summed E-state index contributed by atoms with van der Waals surface area (Å²) in [5.74, 6) is -0.120. The second-order valence-electron chi connectivity index (χ2n) is 8.04. The van der Waals surface area contributed by atoms with E-state index < -0.39 is 0 Å². The van der Waals surface area contributed by atoms with Crippen LogP contribution in [0.5, 0.6) is 0 Å². The Labute approximate surface area is 223 Å². The number of carbonyl (C=O) groups excluding carboxylic acids is 1. The van der Waals surface area contributed by atoms with Gasteiger partial charge in [-0.25, -0.2) is 0 Å². The smallest absolute Gasteiger partial charge is 0.308 e. The zero-order valence-corrected chi connectivity index (χ0v) is 23.2. The number of aliphatic hydroxyl groups excluding tert-OH is 1. The number of unbranched alkanes of at least 4 members (excludes halogenated alkanes) is 1. The lowest BCUT2D eigenvalue weighted by Crippen LogP contribution is -2.20. The van der Waals surface area contributed by atoms with E-state index in [0.29, 0.717) is 106 Å². The number of hydrogen-bond acceptors (Lipinski definition) is 11. The Morgan fingerprint density at radius 3 is 1.16 bits per heavy atom. The van der Waals surface area contributed by atoms with Gasteiger partial charge in [0.05, 0.1) is 118 Å². The summed E-state index contributed by atoms with van der Waals surface area (Å²) in [5.41, 5.74) is 0. The molecule has 0 aromatic heterocycles. The first-order chi connectivity index (χ1) is 18.3. The van der Waals surface area contributed by atoms with Crippen molar-refractivity contribution in [2.24, 2.45) is 5.92 Å². The van der Waals surface area contributed by atoms with E-state index in [1.165, 1.54) is 0 Å². The highest BCUT2D eigenvalue weighted by Gasteiger charge is 2.16. The van der Waals surface area contributed by atoms with Crippen LogP contribution < -0.4 is 0 Å². The van der Waals surface area contributed by atoms with Crippen LogP contribution in [0.1, 0.15) is 39.5 Å². The third kappa shape index (κ3) is 27.9. The molecule has 1 unspecified atom stereocenters. The summed E-state index contributed by atoms with van der Waals surface area (Å²) in [6.07, 6.45) is 3.84. The van der Waals surface area contributed by atoms with Gasteiger partial charge in [-0.15, -0.1) is 0 Å². The van der Waals surface area contributed by atoms with Crippen molar-refractivity contribution in [1.82, 2.24) is 0 Å². The molecule has 0 aromatic rings. The highest BCUT2D eigenvalue weighted by atomic mass is 16.6. The van der Waals surface area contributed by atoms with Gasteiger partial charge in [-0.3, -0.25) is 4.79 Å². The summed E-state index contributed by atoms with van der Waals surface area (Å²) >= 11 is 0. The van der Waals surface area contributed by atoms with Crippen LogP contribution >= 0.6 is 0 Å². The molecule has 0 bridgehead atoms. The van der Waals surface area contributed by atoms with E-state index >= 15 is 0 Å². The Bertz CT molecular complexity index is 454. The minimum Gasteiger partial charge on any atom is -0.463 e. The van der Waals surface area contributed by atoms with Crippen LogP contribution in [0.25, 0.3) is 0 Å². The van der Waals surface area contributed by atoms with Gasteiger partial charge in [-0.2, -0.15) is 0 Å². The molecule has 0 spiro atoms. The molecular formula is C26H52O11. The number of aliphatic hydroxyl groups is 1. The summed E-state index contributed by atoms with van der Waals surface area (Å²) in [6, 6.07) is 0. The van der Waals surface area contributed by atoms with Crippen LogP contribution in [0.3, 0.4) is 0 Å². The predicted octanol–water partition coefficient (Wildman–Crippen LogP) is 1.87. The predicted molar refractivity (Wildman–Crippen MR) is 138 cm³/mol. The number of carbonyl (C=O) groups is 1. The van der Waals surface area contributed by atoms with Crippen molar-refractivity contribution < 1.29 is 52.5 Å². The molecule has 222 valence electrons. The molecule has 0 aliphatic rings. The molecule has 0 saturated carbocycles. The van der Waals surface area contributed by atoms with Crippen LogP contribution in [0.15, 0.2) is 0 Å². The van der Waals surface area contributed by atoms with Crippen LogP contribution in [0.2, 0.25) is 0 Å². The highest BCUT2D eigenvalue weighted by molar-refractivity contribution is 5.72. The van der Waals surface area contributed by atoms with E-state index in [1.807, 2.05) is 6.92 Å². The van der Waals surface area contributed by atoms with E-state index in [0.717, 1.165) is 25.7 Å². The Morgan fingerprint density at radius 2 is 0.865 bits per heavy atom. The molecule has 0 amide bonds. The Kier molecular flexibility index (Phi) is 30.6. The molecule has 0 heterocycles. The van der Waals surface area contributed by atoms with E-state index in [2.05, 4.69) is 6.92 Å². The maximum Gasteiger partial charge on any atom is 0.308 e. The standard InChI is InChI=1S/C26H52O11/c1-3-5-6-25(4-2)26(28)37-24-23-36-22-21-35-20-19-34-18-17-33-16-15-32-14-13-31-12-11-30-10-9-29-8-7-27/h25,27H,3-24H2,1-2H3. The second kappa shape index (κ2) is 31.3. The largest absolute Gasteiger partial charge is 0.463 e. The molecule has 11 nitrogen and oxygen atoms in total. The molecule has 37 heavy (non-hydrogen) atoms. The van der Waals surface area contributed by atoms with Crippen molar-refractivity contribution >= 4 is 5.97 Å². The van der Waals surface area contributed by atoms with E-state index in [4.69, 9.17) is 47.7 Å². The van der Waals surface area contributed by atoms with Crippen LogP contribution in [0.4, 0.5) is 0 Å². The van der Waals surface area contributed by atoms with Gasteiger partial charge >= 0.3 is 5.97 Å². The molecule has 0 aliphatic heterocycles. The first-order valence-corrected chi connectivity index (χ1v) is 13.7. The summed E-state index contributed by atoms with van der Waals surface area (Å²) < 4.78 is 48.2. The Balaban J connectivity index is 3.16. The Morgan fingerprint density at radius 1 is 0.541 bits per heavy atom. The lowest BCUT2D eigenvalue weighted by atomic mass is 10.00. The third-order valence-corrected chi connectivity index (χ3v) is 5.04. The minimum absolute atomic E-state index is 0.000168. The van der Waals surface area contributed by atoms with Gasteiger partial charge in [0.2, 0.25) is 0 Å². The molecule has 0 rings (SSSR count). The van der Waals surface area contributed by atoms with Crippen LogP contribution in [-0.4, -0.2) is 130 Å². The zero-order valence-electron chi connectivity index (χ0n) is 23.2. The SMILES string of the molecule is CCCCC(CC)C(=O)OCCOCCOCCOCCOCCOCCOCCOCCOCCO. The van der Waals surface area contributed by atoms with Crippen molar-refractivity contribution in [3.05, 3.63) is 0 Å². The van der Waals surface area contributed by atoms with Crippen molar-refractivity contribution in [1.29, 1.82) is 0 Å². The summed E-state index contributed by atoms with van der Waals surface area (Å²) in [5, 5.41) is 8.56. The molecule has 0 aliphatic carbocycles. The van der Waals surface area contributed by atoms with Gasteiger partial charge in [0.25, 0.3) is 0 Å². The lowest BCUT2D eigenvalue weighted by Gasteiger charge is -2.13. The van der Waals surface area contributed by atoms with Gasteiger partial charge in [0.1, 0.15) is 6.61 Å². The quantitative estimate of drug-likeness (QED) is 0.102. The van der Waals surface area contributed by atoms with Gasteiger partial charge in [-0.1, -0.05) is 26.7 Å². The lowest BCUT2D eigenvalue weighted by molar-refractivity contribution is -0.150. The van der Waals surface area contributed by atoms with Crippen LogP contribution in [-0.2, 0) is 47.4 Å². The second-order valence-corrected chi connectivity index (χ2v) is 8.04. The van der Waals surface area contributed by atoms with Crippen molar-refractivity contribution in [3.8, 4) is 0 Å². The number of esters is 1. The third-order valence-electron chi connectivity index (χ3n) is 5.04. The first kappa shape index (κ1) is 36.1.